The van der Waals surface area contributed by atoms with Gasteiger partial charge in [0.1, 0.15) is 5.75 Å². The quantitative estimate of drug-likeness (QED) is 0.257. The molecule has 11 heteroatoms. The normalized spacial score (nSPS) is 14.3. The second-order valence-corrected chi connectivity index (χ2v) is 11.4. The number of aromatic nitrogens is 1. The first kappa shape index (κ1) is 32.1. The Hall–Kier alpha value is -5.29. The minimum atomic E-state index is -0.742. The number of hydrogen-bond donors (Lipinski definition) is 1. The second-order valence-electron chi connectivity index (χ2n) is 10.4. The van der Waals surface area contributed by atoms with Gasteiger partial charge in [-0.05, 0) is 81.3 Å². The number of allylic oxidation sites excluding steroid dienone is 1. The molecule has 236 valence electrons. The van der Waals surface area contributed by atoms with E-state index in [4.69, 9.17) is 14.2 Å². The van der Waals surface area contributed by atoms with Crippen LogP contribution in [0.15, 0.2) is 93.9 Å². The van der Waals surface area contributed by atoms with Crippen LogP contribution in [0.3, 0.4) is 0 Å². The highest BCUT2D eigenvalue weighted by Crippen LogP contribution is 2.31. The predicted octanol–water partition coefficient (Wildman–Crippen LogP) is 4.30. The van der Waals surface area contributed by atoms with Crippen LogP contribution in [0.2, 0.25) is 0 Å². The molecule has 0 unspecified atom stereocenters. The van der Waals surface area contributed by atoms with Crippen LogP contribution in [-0.4, -0.2) is 42.2 Å². The Balaban J connectivity index is 1.38. The predicted molar refractivity (Wildman–Crippen MR) is 175 cm³/mol. The SMILES string of the molecule is CCOC(=O)C1=C(C)N=c2s/c(=C/c3ccc(C(=O)OCC(=O)Nc4ccc(C)cc4)cc3)c(=O)n2[C@H]1c1ccc(OCC)cc1. The molecule has 0 bridgehead atoms. The monoisotopic (exact) mass is 639 g/mol. The molecule has 0 aliphatic carbocycles. The number of amides is 1. The molecule has 0 radical (unpaired) electrons. The van der Waals surface area contributed by atoms with E-state index in [2.05, 4.69) is 10.3 Å². The van der Waals surface area contributed by atoms with Crippen molar-refractivity contribution >= 4 is 40.9 Å². The number of carbonyl (C=O) groups excluding carboxylic acids is 3. The Morgan fingerprint density at radius 1 is 0.891 bits per heavy atom. The van der Waals surface area contributed by atoms with E-state index in [0.29, 0.717) is 49.8 Å². The van der Waals surface area contributed by atoms with Crippen molar-refractivity contribution in [2.75, 3.05) is 25.1 Å². The third kappa shape index (κ3) is 7.16. The summed E-state index contributed by atoms with van der Waals surface area (Å²) in [4.78, 5) is 56.8. The van der Waals surface area contributed by atoms with E-state index in [1.807, 2.05) is 38.1 Å². The molecule has 0 saturated carbocycles. The highest BCUT2D eigenvalue weighted by Gasteiger charge is 2.33. The molecule has 0 fully saturated rings. The van der Waals surface area contributed by atoms with Crippen molar-refractivity contribution in [3.8, 4) is 5.75 Å². The molecule has 3 aromatic carbocycles. The summed E-state index contributed by atoms with van der Waals surface area (Å²) in [6, 6.07) is 20.3. The molecule has 1 aliphatic heterocycles. The highest BCUT2D eigenvalue weighted by atomic mass is 32.1. The number of esters is 2. The summed E-state index contributed by atoms with van der Waals surface area (Å²) in [5, 5.41) is 2.68. The third-order valence-corrected chi connectivity index (χ3v) is 8.12. The van der Waals surface area contributed by atoms with Crippen molar-refractivity contribution in [3.63, 3.8) is 0 Å². The second kappa shape index (κ2) is 14.2. The summed E-state index contributed by atoms with van der Waals surface area (Å²) in [6.07, 6.45) is 1.70. The summed E-state index contributed by atoms with van der Waals surface area (Å²) in [5.74, 6) is -0.960. The van der Waals surface area contributed by atoms with Crippen molar-refractivity contribution in [3.05, 3.63) is 126 Å². The smallest absolute Gasteiger partial charge is 0.338 e. The van der Waals surface area contributed by atoms with E-state index in [1.165, 1.54) is 15.9 Å². The van der Waals surface area contributed by atoms with E-state index in [9.17, 15) is 19.2 Å². The molecular weight excluding hydrogens is 606 g/mol. The average Bonchev–Trinajstić information content (AvgIpc) is 3.35. The number of carbonyl (C=O) groups is 3. The van der Waals surface area contributed by atoms with Crippen LogP contribution < -0.4 is 24.9 Å². The fraction of sp³-hybridized carbons (Fsp3) is 0.229. The van der Waals surface area contributed by atoms with Gasteiger partial charge < -0.3 is 19.5 Å². The molecule has 1 amide bonds. The topological polar surface area (TPSA) is 125 Å². The fourth-order valence-corrected chi connectivity index (χ4v) is 5.98. The molecule has 10 nitrogen and oxygen atoms in total. The van der Waals surface area contributed by atoms with E-state index in [1.54, 1.807) is 68.5 Å². The first-order valence-electron chi connectivity index (χ1n) is 14.7. The third-order valence-electron chi connectivity index (χ3n) is 7.14. The lowest BCUT2D eigenvalue weighted by molar-refractivity contribution is -0.139. The fourth-order valence-electron chi connectivity index (χ4n) is 4.94. The van der Waals surface area contributed by atoms with Crippen LogP contribution in [0.25, 0.3) is 6.08 Å². The van der Waals surface area contributed by atoms with Crippen molar-refractivity contribution in [2.24, 2.45) is 4.99 Å². The van der Waals surface area contributed by atoms with Gasteiger partial charge in [-0.3, -0.25) is 14.2 Å². The highest BCUT2D eigenvalue weighted by molar-refractivity contribution is 7.07. The summed E-state index contributed by atoms with van der Waals surface area (Å²) >= 11 is 1.20. The maximum absolute atomic E-state index is 13.8. The molecule has 46 heavy (non-hydrogen) atoms. The molecule has 1 aromatic heterocycles. The van der Waals surface area contributed by atoms with Gasteiger partial charge in [-0.15, -0.1) is 0 Å². The lowest BCUT2D eigenvalue weighted by atomic mass is 9.96. The van der Waals surface area contributed by atoms with Crippen LogP contribution in [0.5, 0.6) is 5.75 Å². The van der Waals surface area contributed by atoms with Gasteiger partial charge in [0.05, 0.1) is 40.6 Å². The van der Waals surface area contributed by atoms with E-state index in [0.717, 1.165) is 5.56 Å². The largest absolute Gasteiger partial charge is 0.494 e. The lowest BCUT2D eigenvalue weighted by Gasteiger charge is -2.24. The van der Waals surface area contributed by atoms with Gasteiger partial charge in [0.25, 0.3) is 11.5 Å². The van der Waals surface area contributed by atoms with Crippen LogP contribution in [0.4, 0.5) is 5.69 Å². The van der Waals surface area contributed by atoms with E-state index < -0.39 is 30.5 Å². The number of ether oxygens (including phenoxy) is 3. The molecule has 0 spiro atoms. The molecule has 4 aromatic rings. The van der Waals surface area contributed by atoms with E-state index in [-0.39, 0.29) is 17.7 Å². The first-order chi connectivity index (χ1) is 22.2. The summed E-state index contributed by atoms with van der Waals surface area (Å²) < 4.78 is 18.0. The zero-order valence-electron chi connectivity index (χ0n) is 25.9. The zero-order chi connectivity index (χ0) is 32.8. The molecule has 0 saturated heterocycles. The number of fused-ring (bicyclic) bond motifs is 1. The molecule has 2 heterocycles. The molecule has 1 aliphatic rings. The van der Waals surface area contributed by atoms with Crippen LogP contribution in [-0.2, 0) is 19.1 Å². The minimum Gasteiger partial charge on any atom is -0.494 e. The van der Waals surface area contributed by atoms with Gasteiger partial charge in [0, 0.05) is 5.69 Å². The number of anilines is 1. The summed E-state index contributed by atoms with van der Waals surface area (Å²) in [7, 11) is 0. The maximum atomic E-state index is 13.8. The number of nitrogens with zero attached hydrogens (tertiary/aromatic N) is 2. The van der Waals surface area contributed by atoms with Crippen LogP contribution >= 0.6 is 11.3 Å². The van der Waals surface area contributed by atoms with Crippen molar-refractivity contribution in [1.29, 1.82) is 0 Å². The van der Waals surface area contributed by atoms with Crippen LogP contribution in [0, 0.1) is 6.92 Å². The maximum Gasteiger partial charge on any atom is 0.338 e. The number of rotatable bonds is 10. The van der Waals surface area contributed by atoms with Crippen molar-refractivity contribution < 1.29 is 28.6 Å². The average molecular weight is 640 g/mol. The van der Waals surface area contributed by atoms with Gasteiger partial charge in [0.2, 0.25) is 0 Å². The van der Waals surface area contributed by atoms with Gasteiger partial charge >= 0.3 is 11.9 Å². The Bertz CT molecular complexity index is 1970. The van der Waals surface area contributed by atoms with Crippen LogP contribution in [0.1, 0.15) is 53.9 Å². The van der Waals surface area contributed by atoms with Gasteiger partial charge in [-0.25, -0.2) is 14.6 Å². The first-order valence-corrected chi connectivity index (χ1v) is 15.6. The lowest BCUT2D eigenvalue weighted by Crippen LogP contribution is -2.39. The number of hydrogen-bond acceptors (Lipinski definition) is 9. The number of aryl methyl sites for hydroxylation is 1. The standard InChI is InChI=1S/C35H33N3O7S/c1-5-43-27-17-13-24(14-18-27)31-30(34(42)44-6-2)22(4)36-35-38(31)32(40)28(46-35)19-23-9-11-25(12-10-23)33(41)45-20-29(39)37-26-15-7-21(3)8-16-26/h7-19,31H,5-6,20H2,1-4H3,(H,37,39)/b28-19+/t31-/m0/s1. The molecule has 1 atom stereocenters. The van der Waals surface area contributed by atoms with E-state index >= 15 is 0 Å². The van der Waals surface area contributed by atoms with Gasteiger partial charge in [-0.2, -0.15) is 0 Å². The molecular formula is C35H33N3O7S. The van der Waals surface area contributed by atoms with Gasteiger partial charge in [0.15, 0.2) is 11.4 Å². The number of nitrogens with one attached hydrogen (secondary N) is 1. The summed E-state index contributed by atoms with van der Waals surface area (Å²) in [6.45, 7) is 7.55. The Labute approximate surface area is 269 Å². The Kier molecular flexibility index (Phi) is 9.92. The van der Waals surface area contributed by atoms with Crippen molar-refractivity contribution in [1.82, 2.24) is 4.57 Å². The molecule has 1 N–H and O–H groups in total. The number of benzene rings is 3. The van der Waals surface area contributed by atoms with Gasteiger partial charge in [-0.1, -0.05) is 53.3 Å². The van der Waals surface area contributed by atoms with Crippen molar-refractivity contribution in [2.45, 2.75) is 33.7 Å². The number of thiazole rings is 1. The zero-order valence-corrected chi connectivity index (χ0v) is 26.7. The molecule has 5 rings (SSSR count). The summed E-state index contributed by atoms with van der Waals surface area (Å²) in [5.41, 5.74) is 3.75. The Morgan fingerprint density at radius 2 is 1.59 bits per heavy atom. The Morgan fingerprint density at radius 3 is 2.24 bits per heavy atom. The minimum absolute atomic E-state index is 0.181.